The summed E-state index contributed by atoms with van der Waals surface area (Å²) in [5.41, 5.74) is -1.70. The van der Waals surface area contributed by atoms with Gasteiger partial charge in [-0.2, -0.15) is 18.4 Å². The summed E-state index contributed by atoms with van der Waals surface area (Å²) in [6.45, 7) is 1.03. The molecule has 1 unspecified atom stereocenters. The maximum atomic E-state index is 14.1. The fourth-order valence-electron chi connectivity index (χ4n) is 5.12. The predicted molar refractivity (Wildman–Crippen MR) is 120 cm³/mol. The maximum Gasteiger partial charge on any atom is 0.417 e. The van der Waals surface area contributed by atoms with Gasteiger partial charge in [-0.25, -0.2) is 4.39 Å². The number of nitrogens with zero attached hydrogens (tertiary/aromatic N) is 3. The number of rotatable bonds is 3. The Morgan fingerprint density at radius 3 is 2.43 bits per heavy atom. The summed E-state index contributed by atoms with van der Waals surface area (Å²) in [7, 11) is 1.47. The van der Waals surface area contributed by atoms with Gasteiger partial charge in [0.1, 0.15) is 11.9 Å². The number of nitrogens with one attached hydrogen (secondary N) is 1. The molecule has 2 fully saturated rings. The predicted octanol–water partition coefficient (Wildman–Crippen LogP) is 3.96. The van der Waals surface area contributed by atoms with Crippen LogP contribution in [0.15, 0.2) is 42.5 Å². The fraction of sp³-hybridized carbons (Fsp3) is 0.400. The molecule has 10 heteroatoms. The highest BCUT2D eigenvalue weighted by Gasteiger charge is 2.49. The second-order valence-corrected chi connectivity index (χ2v) is 9.07. The molecule has 35 heavy (non-hydrogen) atoms. The Labute approximate surface area is 200 Å². The van der Waals surface area contributed by atoms with Crippen LogP contribution in [0.3, 0.4) is 0 Å². The molecule has 1 N–H and O–H groups in total. The van der Waals surface area contributed by atoms with Crippen molar-refractivity contribution in [2.24, 2.45) is 5.41 Å². The highest BCUT2D eigenvalue weighted by Crippen LogP contribution is 2.46. The van der Waals surface area contributed by atoms with Gasteiger partial charge in [0, 0.05) is 32.4 Å². The van der Waals surface area contributed by atoms with E-state index < -0.39 is 40.5 Å². The quantitative estimate of drug-likeness (QED) is 0.664. The standard InChI is InChI=1S/C25H24F4N4O2/c1-31-22(34)21-13-24(8-10-32(11-9-24)23(35)18-4-2-3-5-20(18)26)15-33(21)17-7-6-16(14-30)19(12-17)25(27,28)29/h2-7,12,21H,8-11,13,15H2,1H3,(H,31,34). The third-order valence-corrected chi connectivity index (χ3v) is 7.03. The number of carbonyl (C=O) groups is 2. The van der Waals surface area contributed by atoms with E-state index >= 15 is 0 Å². The van der Waals surface area contributed by atoms with E-state index in [4.69, 9.17) is 5.26 Å². The molecule has 2 heterocycles. The Morgan fingerprint density at radius 2 is 1.83 bits per heavy atom. The van der Waals surface area contributed by atoms with Gasteiger partial charge in [0.2, 0.25) is 5.91 Å². The summed E-state index contributed by atoms with van der Waals surface area (Å²) in [5.74, 6) is -1.31. The van der Waals surface area contributed by atoms with Gasteiger partial charge >= 0.3 is 6.18 Å². The van der Waals surface area contributed by atoms with E-state index in [2.05, 4.69) is 5.32 Å². The van der Waals surface area contributed by atoms with Crippen LogP contribution in [0.5, 0.6) is 0 Å². The van der Waals surface area contributed by atoms with Crippen molar-refractivity contribution in [3.8, 4) is 6.07 Å². The number of halogens is 4. The van der Waals surface area contributed by atoms with Crippen molar-refractivity contribution in [3.05, 3.63) is 65.0 Å². The molecule has 0 saturated carbocycles. The van der Waals surface area contributed by atoms with Crippen molar-refractivity contribution in [3.63, 3.8) is 0 Å². The number of likely N-dealkylation sites (tertiary alicyclic amines) is 1. The Bertz CT molecular complexity index is 1180. The number of hydrogen-bond donors (Lipinski definition) is 1. The number of hydrogen-bond acceptors (Lipinski definition) is 4. The molecule has 2 amide bonds. The number of likely N-dealkylation sites (N-methyl/N-ethyl adjacent to an activating group) is 1. The van der Waals surface area contributed by atoms with Gasteiger partial charge in [0.15, 0.2) is 0 Å². The van der Waals surface area contributed by atoms with E-state index in [9.17, 15) is 27.2 Å². The average molecular weight is 488 g/mol. The van der Waals surface area contributed by atoms with Crippen LogP contribution in [-0.2, 0) is 11.0 Å². The monoisotopic (exact) mass is 488 g/mol. The van der Waals surface area contributed by atoms with Crippen LogP contribution in [-0.4, -0.2) is 49.4 Å². The van der Waals surface area contributed by atoms with Crippen LogP contribution in [0.2, 0.25) is 0 Å². The maximum absolute atomic E-state index is 14.1. The lowest BCUT2D eigenvalue weighted by Crippen LogP contribution is -2.44. The SMILES string of the molecule is CNC(=O)C1CC2(CCN(C(=O)c3ccccc3F)CC2)CN1c1ccc(C#N)c(C(F)(F)F)c1. The van der Waals surface area contributed by atoms with Crippen LogP contribution in [0.4, 0.5) is 23.2 Å². The van der Waals surface area contributed by atoms with Crippen LogP contribution in [0.1, 0.15) is 40.7 Å². The van der Waals surface area contributed by atoms with E-state index in [1.807, 2.05) is 0 Å². The molecular weight excluding hydrogens is 464 g/mol. The van der Waals surface area contributed by atoms with E-state index in [1.165, 1.54) is 31.3 Å². The molecule has 184 valence electrons. The summed E-state index contributed by atoms with van der Waals surface area (Å²) in [6.07, 6.45) is -3.24. The zero-order valence-corrected chi connectivity index (χ0v) is 19.0. The van der Waals surface area contributed by atoms with Crippen molar-refractivity contribution in [2.45, 2.75) is 31.5 Å². The lowest BCUT2D eigenvalue weighted by Gasteiger charge is -2.39. The number of anilines is 1. The molecule has 2 aliphatic heterocycles. The fourth-order valence-corrected chi connectivity index (χ4v) is 5.12. The summed E-state index contributed by atoms with van der Waals surface area (Å²) in [6, 6.07) is 10.1. The minimum Gasteiger partial charge on any atom is -0.359 e. The van der Waals surface area contributed by atoms with Crippen molar-refractivity contribution in [1.29, 1.82) is 5.26 Å². The van der Waals surface area contributed by atoms with Gasteiger partial charge in [-0.1, -0.05) is 12.1 Å². The largest absolute Gasteiger partial charge is 0.417 e. The zero-order valence-electron chi connectivity index (χ0n) is 19.0. The van der Waals surface area contributed by atoms with Crippen molar-refractivity contribution < 1.29 is 27.2 Å². The first-order valence-electron chi connectivity index (χ1n) is 11.2. The summed E-state index contributed by atoms with van der Waals surface area (Å²) >= 11 is 0. The normalized spacial score (nSPS) is 19.5. The molecule has 2 aromatic rings. The molecule has 0 radical (unpaired) electrons. The van der Waals surface area contributed by atoms with Gasteiger partial charge in [0.05, 0.1) is 22.8 Å². The van der Waals surface area contributed by atoms with Crippen molar-refractivity contribution in [2.75, 3.05) is 31.6 Å². The molecule has 4 rings (SSSR count). The second kappa shape index (κ2) is 9.21. The molecule has 6 nitrogen and oxygen atoms in total. The second-order valence-electron chi connectivity index (χ2n) is 9.07. The Balaban J connectivity index is 1.58. The molecule has 0 bridgehead atoms. The smallest absolute Gasteiger partial charge is 0.359 e. The van der Waals surface area contributed by atoms with Crippen LogP contribution in [0.25, 0.3) is 0 Å². The van der Waals surface area contributed by atoms with E-state index in [1.54, 1.807) is 21.9 Å². The lowest BCUT2D eigenvalue weighted by molar-refractivity contribution is -0.137. The van der Waals surface area contributed by atoms with Crippen molar-refractivity contribution in [1.82, 2.24) is 10.2 Å². The topological polar surface area (TPSA) is 76.4 Å². The zero-order chi connectivity index (χ0) is 25.4. The van der Waals surface area contributed by atoms with Gasteiger partial charge in [-0.15, -0.1) is 0 Å². The number of amides is 2. The first kappa shape index (κ1) is 24.5. The Morgan fingerprint density at radius 1 is 1.14 bits per heavy atom. The number of alkyl halides is 3. The van der Waals surface area contributed by atoms with E-state index in [0.29, 0.717) is 38.9 Å². The molecule has 2 saturated heterocycles. The molecule has 2 aromatic carbocycles. The lowest BCUT2D eigenvalue weighted by atomic mass is 9.76. The summed E-state index contributed by atoms with van der Waals surface area (Å²) in [4.78, 5) is 28.7. The van der Waals surface area contributed by atoms with Gasteiger partial charge in [-0.3, -0.25) is 9.59 Å². The number of piperidine rings is 1. The number of nitriles is 1. The first-order valence-corrected chi connectivity index (χ1v) is 11.2. The van der Waals surface area contributed by atoms with Gasteiger partial charge in [0.25, 0.3) is 5.91 Å². The molecule has 1 atom stereocenters. The van der Waals surface area contributed by atoms with Crippen LogP contribution in [0, 0.1) is 22.6 Å². The number of carbonyl (C=O) groups excluding carboxylic acids is 2. The third-order valence-electron chi connectivity index (χ3n) is 7.03. The Kier molecular flexibility index (Phi) is 6.45. The number of benzene rings is 2. The third kappa shape index (κ3) is 4.67. The first-order chi connectivity index (χ1) is 16.6. The average Bonchev–Trinajstić information content (AvgIpc) is 3.22. The van der Waals surface area contributed by atoms with Gasteiger partial charge < -0.3 is 15.1 Å². The minimum absolute atomic E-state index is 0.00278. The van der Waals surface area contributed by atoms with E-state index in [0.717, 1.165) is 12.1 Å². The summed E-state index contributed by atoms with van der Waals surface area (Å²) in [5, 5.41) is 11.7. The summed E-state index contributed by atoms with van der Waals surface area (Å²) < 4.78 is 54.7. The van der Waals surface area contributed by atoms with Crippen molar-refractivity contribution >= 4 is 17.5 Å². The molecule has 1 spiro atoms. The Hall–Kier alpha value is -3.61. The van der Waals surface area contributed by atoms with Crippen LogP contribution >= 0.6 is 0 Å². The van der Waals surface area contributed by atoms with E-state index in [-0.39, 0.29) is 17.2 Å². The van der Waals surface area contributed by atoms with Gasteiger partial charge in [-0.05, 0) is 55.0 Å². The van der Waals surface area contributed by atoms with Crippen LogP contribution < -0.4 is 10.2 Å². The highest BCUT2D eigenvalue weighted by molar-refractivity contribution is 5.94. The highest BCUT2D eigenvalue weighted by atomic mass is 19.4. The molecule has 2 aliphatic rings. The molecule has 0 aliphatic carbocycles. The minimum atomic E-state index is -4.71. The molecular formula is C25H24F4N4O2. The molecule has 0 aromatic heterocycles.